The molecule has 0 unspecified atom stereocenters. The van der Waals surface area contributed by atoms with Crippen molar-refractivity contribution in [2.45, 2.75) is 64.0 Å². The van der Waals surface area contributed by atoms with Gasteiger partial charge >= 0.3 is 0 Å². The van der Waals surface area contributed by atoms with Gasteiger partial charge in [-0.25, -0.2) is 0 Å². The minimum atomic E-state index is -0.994. The molecule has 0 spiro atoms. The number of aromatic nitrogens is 3. The molecule has 0 aliphatic heterocycles. The van der Waals surface area contributed by atoms with Crippen molar-refractivity contribution in [3.8, 4) is 0 Å². The molecule has 0 bridgehead atoms. The molecule has 0 saturated heterocycles. The number of hydrogen-bond acceptors (Lipinski definition) is 4. The largest absolute Gasteiger partial charge is 0.386 e. The molecule has 0 radical (unpaired) electrons. The van der Waals surface area contributed by atoms with Gasteiger partial charge in [-0.3, -0.25) is 9.20 Å². The summed E-state index contributed by atoms with van der Waals surface area (Å²) in [5.41, 5.74) is 1.75. The van der Waals surface area contributed by atoms with Gasteiger partial charge < -0.3 is 10.4 Å². The molecule has 1 amide bonds. The number of pyridine rings is 1. The lowest BCUT2D eigenvalue weighted by atomic mass is 9.93. The van der Waals surface area contributed by atoms with Crippen LogP contribution in [-0.4, -0.2) is 31.2 Å². The van der Waals surface area contributed by atoms with Crippen molar-refractivity contribution in [1.82, 2.24) is 19.9 Å². The Morgan fingerprint density at radius 2 is 1.72 bits per heavy atom. The molecule has 2 N–H and O–H groups in total. The van der Waals surface area contributed by atoms with Crippen LogP contribution in [0.5, 0.6) is 0 Å². The number of carbonyl (C=O) groups excluding carboxylic acids is 1. The van der Waals surface area contributed by atoms with Crippen molar-refractivity contribution in [1.29, 1.82) is 0 Å². The van der Waals surface area contributed by atoms with Gasteiger partial charge in [-0.2, -0.15) is 0 Å². The van der Waals surface area contributed by atoms with E-state index in [0.717, 1.165) is 29.8 Å². The third-order valence-electron chi connectivity index (χ3n) is 5.46. The molecular weight excluding hydrogens is 364 g/mol. The summed E-state index contributed by atoms with van der Waals surface area (Å²) < 4.78 is 1.99. The minimum absolute atomic E-state index is 0.0726. The Bertz CT molecular complexity index is 1060. The van der Waals surface area contributed by atoms with Crippen LogP contribution in [0, 0.1) is 0 Å². The van der Waals surface area contributed by atoms with E-state index in [2.05, 4.69) is 15.5 Å². The van der Waals surface area contributed by atoms with Gasteiger partial charge in [0.1, 0.15) is 5.82 Å². The van der Waals surface area contributed by atoms with Gasteiger partial charge in [0.2, 0.25) is 0 Å². The third-order valence-corrected chi connectivity index (χ3v) is 5.46. The van der Waals surface area contributed by atoms with E-state index in [9.17, 15) is 9.90 Å². The zero-order valence-corrected chi connectivity index (χ0v) is 17.7. The van der Waals surface area contributed by atoms with E-state index in [1.54, 1.807) is 13.8 Å². The summed E-state index contributed by atoms with van der Waals surface area (Å²) in [5, 5.41) is 22.4. The average molecular weight is 393 g/mol. The second-order valence-electron chi connectivity index (χ2n) is 9.56. The highest BCUT2D eigenvalue weighted by molar-refractivity contribution is 5.94. The monoisotopic (exact) mass is 392 g/mol. The average Bonchev–Trinajstić information content (AvgIpc) is 3.31. The van der Waals surface area contributed by atoms with E-state index in [4.69, 9.17) is 0 Å². The van der Waals surface area contributed by atoms with Crippen LogP contribution < -0.4 is 5.32 Å². The fourth-order valence-corrected chi connectivity index (χ4v) is 3.84. The van der Waals surface area contributed by atoms with Crippen LogP contribution in [0.25, 0.3) is 5.65 Å². The highest BCUT2D eigenvalue weighted by atomic mass is 16.3. The number of nitrogens with one attached hydrogen (secondary N) is 1. The molecule has 4 rings (SSSR count). The lowest BCUT2D eigenvalue weighted by molar-refractivity contribution is 0.0795. The van der Waals surface area contributed by atoms with Gasteiger partial charge in [0.05, 0.1) is 11.0 Å². The van der Waals surface area contributed by atoms with E-state index in [1.165, 1.54) is 0 Å². The lowest BCUT2D eigenvalue weighted by Crippen LogP contribution is -2.40. The minimum Gasteiger partial charge on any atom is -0.386 e. The number of aliphatic hydroxyl groups is 1. The Kier molecular flexibility index (Phi) is 4.31. The lowest BCUT2D eigenvalue weighted by Gasteiger charge is -2.21. The maximum Gasteiger partial charge on any atom is 0.251 e. The smallest absolute Gasteiger partial charge is 0.251 e. The number of hydrogen-bond donors (Lipinski definition) is 2. The molecule has 1 aromatic carbocycles. The number of nitrogens with zero attached hydrogens (tertiary/aromatic N) is 3. The van der Waals surface area contributed by atoms with E-state index >= 15 is 0 Å². The van der Waals surface area contributed by atoms with Crippen molar-refractivity contribution in [2.24, 2.45) is 0 Å². The quantitative estimate of drug-likeness (QED) is 0.711. The molecule has 1 aliphatic rings. The number of carbonyl (C=O) groups is 1. The van der Waals surface area contributed by atoms with Crippen molar-refractivity contribution >= 4 is 11.6 Å². The SMILES string of the molecule is CC(C)(C)NC(=O)c1ccc(C2(c3nnc4c(C(C)(C)O)cccn34)CC2)cc1. The van der Waals surface area contributed by atoms with E-state index in [-0.39, 0.29) is 16.9 Å². The maximum absolute atomic E-state index is 12.4. The predicted octanol–water partition coefficient (Wildman–Crippen LogP) is 3.56. The second kappa shape index (κ2) is 6.39. The molecule has 29 heavy (non-hydrogen) atoms. The molecule has 6 nitrogen and oxygen atoms in total. The van der Waals surface area contributed by atoms with Crippen LogP contribution in [0.1, 0.15) is 74.8 Å². The predicted molar refractivity (Wildman–Crippen MR) is 112 cm³/mol. The molecule has 152 valence electrons. The standard InChI is InChI=1S/C23H28N4O2/c1-21(2,3)24-19(28)15-8-10-16(11-9-15)23(12-13-23)20-26-25-18-17(22(4,5)29)7-6-14-27(18)20/h6-11,14,29H,12-13H2,1-5H3,(H,24,28). The van der Waals surface area contributed by atoms with E-state index in [0.29, 0.717) is 11.2 Å². The Hall–Kier alpha value is -2.73. The van der Waals surface area contributed by atoms with Crippen molar-refractivity contribution in [3.05, 3.63) is 65.1 Å². The van der Waals surface area contributed by atoms with Crippen LogP contribution in [0.2, 0.25) is 0 Å². The second-order valence-corrected chi connectivity index (χ2v) is 9.56. The normalized spacial score (nSPS) is 16.1. The summed E-state index contributed by atoms with van der Waals surface area (Å²) in [6.07, 6.45) is 3.91. The fraction of sp³-hybridized carbons (Fsp3) is 0.435. The first-order valence-electron chi connectivity index (χ1n) is 10.0. The van der Waals surface area contributed by atoms with Crippen molar-refractivity contribution in [2.75, 3.05) is 0 Å². The number of amides is 1. The number of fused-ring (bicyclic) bond motifs is 1. The van der Waals surface area contributed by atoms with Crippen LogP contribution in [-0.2, 0) is 11.0 Å². The Morgan fingerprint density at radius 1 is 1.07 bits per heavy atom. The highest BCUT2D eigenvalue weighted by Crippen LogP contribution is 2.52. The van der Waals surface area contributed by atoms with Crippen molar-refractivity contribution < 1.29 is 9.90 Å². The van der Waals surface area contributed by atoms with Crippen LogP contribution >= 0.6 is 0 Å². The van der Waals surface area contributed by atoms with Crippen LogP contribution in [0.15, 0.2) is 42.6 Å². The molecule has 1 fully saturated rings. The summed E-state index contributed by atoms with van der Waals surface area (Å²) >= 11 is 0. The maximum atomic E-state index is 12.4. The summed E-state index contributed by atoms with van der Waals surface area (Å²) in [6, 6.07) is 11.6. The molecule has 1 aliphatic carbocycles. The van der Waals surface area contributed by atoms with E-state index < -0.39 is 5.60 Å². The van der Waals surface area contributed by atoms with Crippen LogP contribution in [0.3, 0.4) is 0 Å². The summed E-state index contributed by atoms with van der Waals surface area (Å²) in [7, 11) is 0. The zero-order chi connectivity index (χ0) is 21.0. The molecule has 2 aromatic heterocycles. The Balaban J connectivity index is 1.69. The van der Waals surface area contributed by atoms with Gasteiger partial charge in [0.15, 0.2) is 5.65 Å². The van der Waals surface area contributed by atoms with Crippen LogP contribution in [0.4, 0.5) is 0 Å². The molecule has 3 aromatic rings. The van der Waals surface area contributed by atoms with Gasteiger partial charge in [0.25, 0.3) is 5.91 Å². The first-order valence-corrected chi connectivity index (χ1v) is 10.0. The first-order chi connectivity index (χ1) is 13.5. The molecule has 6 heteroatoms. The summed E-state index contributed by atoms with van der Waals surface area (Å²) in [5.74, 6) is 0.808. The third kappa shape index (κ3) is 3.53. The van der Waals surface area contributed by atoms with Gasteiger partial charge in [-0.1, -0.05) is 18.2 Å². The number of rotatable bonds is 4. The molecule has 0 atom stereocenters. The van der Waals surface area contributed by atoms with Gasteiger partial charge in [-0.05, 0) is 71.2 Å². The Labute approximate surface area is 171 Å². The Morgan fingerprint density at radius 3 is 2.28 bits per heavy atom. The number of benzene rings is 1. The zero-order valence-electron chi connectivity index (χ0n) is 17.7. The van der Waals surface area contributed by atoms with Gasteiger partial charge in [-0.15, -0.1) is 10.2 Å². The molecule has 1 saturated carbocycles. The summed E-state index contributed by atoms with van der Waals surface area (Å²) in [4.78, 5) is 12.4. The van der Waals surface area contributed by atoms with Crippen molar-refractivity contribution in [3.63, 3.8) is 0 Å². The fourth-order valence-electron chi connectivity index (χ4n) is 3.84. The highest BCUT2D eigenvalue weighted by Gasteiger charge is 2.50. The topological polar surface area (TPSA) is 79.5 Å². The first kappa shape index (κ1) is 19.6. The van der Waals surface area contributed by atoms with Gasteiger partial charge in [0, 0.05) is 22.9 Å². The molecule has 2 heterocycles. The molecular formula is C23H28N4O2. The van der Waals surface area contributed by atoms with E-state index in [1.807, 2.05) is 67.8 Å². The summed E-state index contributed by atoms with van der Waals surface area (Å²) in [6.45, 7) is 9.42.